The minimum Gasteiger partial charge on any atom is -0.319 e. The van der Waals surface area contributed by atoms with E-state index in [-0.39, 0.29) is 17.5 Å². The highest BCUT2D eigenvalue weighted by atomic mass is 32.2. The highest BCUT2D eigenvalue weighted by Gasteiger charge is 2.28. The Balaban J connectivity index is 2.08. The average Bonchev–Trinajstić information content (AvgIpc) is 2.19. The molecular weight excluding hydrogens is 237 g/mol. The van der Waals surface area contributed by atoms with Gasteiger partial charge in [-0.25, -0.2) is 0 Å². The van der Waals surface area contributed by atoms with Crippen LogP contribution in [-0.4, -0.2) is 49.4 Å². The highest BCUT2D eigenvalue weighted by Crippen LogP contribution is 2.30. The van der Waals surface area contributed by atoms with Crippen LogP contribution >= 0.6 is 11.8 Å². The van der Waals surface area contributed by atoms with E-state index in [2.05, 4.69) is 10.2 Å². The summed E-state index contributed by atoms with van der Waals surface area (Å²) in [7, 11) is 1.94. The molecule has 16 heavy (non-hydrogen) atoms. The topological polar surface area (TPSA) is 15.3 Å². The van der Waals surface area contributed by atoms with E-state index in [0.717, 1.165) is 32.5 Å². The first kappa shape index (κ1) is 14.1. The lowest BCUT2D eigenvalue weighted by Gasteiger charge is -2.31. The predicted molar refractivity (Wildman–Crippen MR) is 61.6 cm³/mol. The molecule has 2 nitrogen and oxygen atoms in total. The van der Waals surface area contributed by atoms with Crippen molar-refractivity contribution in [3.8, 4) is 0 Å². The van der Waals surface area contributed by atoms with Gasteiger partial charge in [-0.1, -0.05) is 0 Å². The molecule has 1 fully saturated rings. The molecule has 6 heteroatoms. The van der Waals surface area contributed by atoms with Gasteiger partial charge in [0, 0.05) is 12.3 Å². The molecule has 0 spiro atoms. The summed E-state index contributed by atoms with van der Waals surface area (Å²) in [6, 6.07) is 0. The normalized spacial score (nSPS) is 20.2. The molecule has 0 saturated carbocycles. The van der Waals surface area contributed by atoms with Gasteiger partial charge in [-0.3, -0.25) is 0 Å². The van der Waals surface area contributed by atoms with Gasteiger partial charge in [0.2, 0.25) is 0 Å². The number of rotatable bonds is 5. The maximum atomic E-state index is 11.9. The van der Waals surface area contributed by atoms with Gasteiger partial charge in [0.1, 0.15) is 0 Å². The minimum absolute atomic E-state index is 0.0843. The Labute approximate surface area is 98.9 Å². The van der Waals surface area contributed by atoms with Gasteiger partial charge < -0.3 is 10.2 Å². The van der Waals surface area contributed by atoms with E-state index in [1.807, 2.05) is 7.05 Å². The van der Waals surface area contributed by atoms with Crippen LogP contribution in [0.4, 0.5) is 13.2 Å². The van der Waals surface area contributed by atoms with E-state index in [1.165, 1.54) is 0 Å². The summed E-state index contributed by atoms with van der Waals surface area (Å²) in [5.74, 6) is 0.844. The zero-order chi connectivity index (χ0) is 12.0. The first-order valence-electron chi connectivity index (χ1n) is 5.59. The molecule has 1 saturated heterocycles. The first-order chi connectivity index (χ1) is 7.51. The standard InChI is InChI=1S/C10H19F3N2S/c1-14-8-9-2-4-15(5-3-9)6-7-16-10(11,12)13/h9,14H,2-8H2,1H3. The average molecular weight is 256 g/mol. The van der Waals surface area contributed by atoms with E-state index < -0.39 is 5.51 Å². The molecule has 0 aromatic heterocycles. The number of nitrogens with zero attached hydrogens (tertiary/aromatic N) is 1. The monoisotopic (exact) mass is 256 g/mol. The second kappa shape index (κ2) is 6.71. The van der Waals surface area contributed by atoms with Gasteiger partial charge in [-0.05, 0) is 57.2 Å². The van der Waals surface area contributed by atoms with Crippen LogP contribution in [0.2, 0.25) is 0 Å². The van der Waals surface area contributed by atoms with Crippen LogP contribution in [0.3, 0.4) is 0 Å². The lowest BCUT2D eigenvalue weighted by Crippen LogP contribution is -2.38. The SMILES string of the molecule is CNCC1CCN(CCSC(F)(F)F)CC1. The number of hydrogen-bond donors (Lipinski definition) is 1. The Kier molecular flexibility index (Phi) is 5.92. The Morgan fingerprint density at radius 3 is 2.44 bits per heavy atom. The summed E-state index contributed by atoms with van der Waals surface area (Å²) in [5.41, 5.74) is -4.08. The van der Waals surface area contributed by atoms with Crippen molar-refractivity contribution in [3.05, 3.63) is 0 Å². The lowest BCUT2D eigenvalue weighted by atomic mass is 9.97. The lowest BCUT2D eigenvalue weighted by molar-refractivity contribution is -0.0329. The zero-order valence-electron chi connectivity index (χ0n) is 9.52. The maximum absolute atomic E-state index is 11.9. The molecular formula is C10H19F3N2S. The molecule has 1 N–H and O–H groups in total. The second-order valence-corrected chi connectivity index (χ2v) is 5.30. The number of alkyl halides is 3. The van der Waals surface area contributed by atoms with Crippen molar-refractivity contribution < 1.29 is 13.2 Å². The summed E-state index contributed by atoms with van der Waals surface area (Å²) in [4.78, 5) is 2.13. The van der Waals surface area contributed by atoms with E-state index in [0.29, 0.717) is 12.5 Å². The quantitative estimate of drug-likeness (QED) is 0.811. The van der Waals surface area contributed by atoms with Crippen LogP contribution in [0.15, 0.2) is 0 Å². The van der Waals surface area contributed by atoms with Crippen LogP contribution in [0.25, 0.3) is 0 Å². The van der Waals surface area contributed by atoms with E-state index in [4.69, 9.17) is 0 Å². The fourth-order valence-corrected chi connectivity index (χ4v) is 2.57. The number of likely N-dealkylation sites (tertiary alicyclic amines) is 1. The number of hydrogen-bond acceptors (Lipinski definition) is 3. The smallest absolute Gasteiger partial charge is 0.319 e. The molecule has 96 valence electrons. The predicted octanol–water partition coefficient (Wildman–Crippen LogP) is 2.17. The number of piperidine rings is 1. The van der Waals surface area contributed by atoms with Crippen molar-refractivity contribution in [2.24, 2.45) is 5.92 Å². The highest BCUT2D eigenvalue weighted by molar-refractivity contribution is 8.00. The van der Waals surface area contributed by atoms with Crippen LogP contribution < -0.4 is 5.32 Å². The van der Waals surface area contributed by atoms with Crippen LogP contribution in [0, 0.1) is 5.92 Å². The van der Waals surface area contributed by atoms with E-state index in [1.54, 1.807) is 0 Å². The Morgan fingerprint density at radius 1 is 1.31 bits per heavy atom. The van der Waals surface area contributed by atoms with Crippen LogP contribution in [0.1, 0.15) is 12.8 Å². The van der Waals surface area contributed by atoms with Crippen LogP contribution in [0.5, 0.6) is 0 Å². The molecule has 1 rings (SSSR count). The van der Waals surface area contributed by atoms with Crippen molar-refractivity contribution in [2.75, 3.05) is 39.0 Å². The number of halogens is 3. The van der Waals surface area contributed by atoms with Crippen molar-refractivity contribution in [1.29, 1.82) is 0 Å². The largest absolute Gasteiger partial charge is 0.441 e. The molecule has 0 aliphatic carbocycles. The Hall–Kier alpha value is 0.0600. The van der Waals surface area contributed by atoms with Gasteiger partial charge in [0.25, 0.3) is 0 Å². The summed E-state index contributed by atoms with van der Waals surface area (Å²) in [6.45, 7) is 3.44. The van der Waals surface area contributed by atoms with E-state index >= 15 is 0 Å². The minimum atomic E-state index is -4.08. The molecule has 0 atom stereocenters. The summed E-state index contributed by atoms with van der Waals surface area (Å²) >= 11 is 0.0843. The summed E-state index contributed by atoms with van der Waals surface area (Å²) in [6.07, 6.45) is 2.19. The van der Waals surface area contributed by atoms with Crippen LogP contribution in [-0.2, 0) is 0 Å². The molecule has 0 aromatic carbocycles. The molecule has 0 aromatic rings. The summed E-state index contributed by atoms with van der Waals surface area (Å²) in [5, 5.41) is 3.14. The molecule has 0 unspecified atom stereocenters. The molecule has 0 radical (unpaired) electrons. The fraction of sp³-hybridized carbons (Fsp3) is 1.00. The maximum Gasteiger partial charge on any atom is 0.441 e. The van der Waals surface area contributed by atoms with Crippen molar-refractivity contribution >= 4 is 11.8 Å². The molecule has 0 amide bonds. The Bertz CT molecular complexity index is 191. The van der Waals surface area contributed by atoms with Crippen molar-refractivity contribution in [2.45, 2.75) is 18.3 Å². The zero-order valence-corrected chi connectivity index (χ0v) is 10.3. The molecule has 1 aliphatic heterocycles. The van der Waals surface area contributed by atoms with Gasteiger partial charge in [0.05, 0.1) is 0 Å². The van der Waals surface area contributed by atoms with Crippen molar-refractivity contribution in [1.82, 2.24) is 10.2 Å². The van der Waals surface area contributed by atoms with Crippen molar-refractivity contribution in [3.63, 3.8) is 0 Å². The van der Waals surface area contributed by atoms with Gasteiger partial charge in [0.15, 0.2) is 0 Å². The third-order valence-electron chi connectivity index (χ3n) is 2.87. The third-order valence-corrected chi connectivity index (χ3v) is 3.59. The summed E-state index contributed by atoms with van der Waals surface area (Å²) < 4.78 is 35.7. The fourth-order valence-electron chi connectivity index (χ4n) is 1.99. The van der Waals surface area contributed by atoms with Gasteiger partial charge in [-0.2, -0.15) is 13.2 Å². The molecule has 1 heterocycles. The number of thioether (sulfide) groups is 1. The third kappa shape index (κ3) is 5.96. The van der Waals surface area contributed by atoms with E-state index in [9.17, 15) is 13.2 Å². The molecule has 0 bridgehead atoms. The molecule has 1 aliphatic rings. The van der Waals surface area contributed by atoms with Gasteiger partial charge in [-0.15, -0.1) is 0 Å². The number of nitrogens with one attached hydrogen (secondary N) is 1. The first-order valence-corrected chi connectivity index (χ1v) is 6.57. The van der Waals surface area contributed by atoms with Gasteiger partial charge >= 0.3 is 5.51 Å². The second-order valence-electron chi connectivity index (χ2n) is 4.14. The Morgan fingerprint density at radius 2 is 1.94 bits per heavy atom.